The third-order valence-electron chi connectivity index (χ3n) is 5.34. The monoisotopic (exact) mass is 368 g/mol. The van der Waals surface area contributed by atoms with E-state index in [4.69, 9.17) is 0 Å². The first-order valence-electron chi connectivity index (χ1n) is 10.7. The molecule has 0 radical (unpaired) electrons. The molecule has 26 heavy (non-hydrogen) atoms. The highest BCUT2D eigenvalue weighted by atomic mass is 16.5. The van der Waals surface area contributed by atoms with E-state index >= 15 is 0 Å². The maximum absolute atomic E-state index is 12.1. The molecule has 1 aliphatic rings. The number of unbranched alkanes of at least 4 members (excludes halogenated alkanes) is 6. The van der Waals surface area contributed by atoms with Crippen molar-refractivity contribution in [1.29, 1.82) is 0 Å². The summed E-state index contributed by atoms with van der Waals surface area (Å²) < 4.78 is 4.63. The van der Waals surface area contributed by atoms with Gasteiger partial charge in [0.1, 0.15) is 0 Å². The van der Waals surface area contributed by atoms with Crippen LogP contribution in [-0.4, -0.2) is 62.0 Å². The topological polar surface area (TPSA) is 49.9 Å². The van der Waals surface area contributed by atoms with Crippen LogP contribution >= 0.6 is 0 Å². The number of rotatable bonds is 14. The van der Waals surface area contributed by atoms with Gasteiger partial charge in [0.15, 0.2) is 0 Å². The van der Waals surface area contributed by atoms with E-state index < -0.39 is 0 Å². The van der Waals surface area contributed by atoms with Gasteiger partial charge in [0.05, 0.1) is 7.11 Å². The quantitative estimate of drug-likeness (QED) is 0.343. The average Bonchev–Trinajstić information content (AvgIpc) is 2.67. The largest absolute Gasteiger partial charge is 0.469 e. The molecule has 0 aliphatic carbocycles. The van der Waals surface area contributed by atoms with Crippen LogP contribution in [0.4, 0.5) is 0 Å². The molecule has 0 bridgehead atoms. The molecule has 5 heteroatoms. The Balaban J connectivity index is 1.90. The van der Waals surface area contributed by atoms with Crippen molar-refractivity contribution in [3.8, 4) is 0 Å². The van der Waals surface area contributed by atoms with Gasteiger partial charge in [0, 0.05) is 26.4 Å². The Hall–Kier alpha value is -1.10. The van der Waals surface area contributed by atoms with Crippen molar-refractivity contribution in [2.24, 2.45) is 0 Å². The van der Waals surface area contributed by atoms with Crippen LogP contribution in [0, 0.1) is 0 Å². The maximum atomic E-state index is 12.1. The molecule has 5 nitrogen and oxygen atoms in total. The first kappa shape index (κ1) is 22.9. The molecule has 1 aliphatic heterocycles. The Morgan fingerprint density at radius 1 is 0.846 bits per heavy atom. The number of likely N-dealkylation sites (tertiary alicyclic amines) is 1. The Morgan fingerprint density at radius 3 is 2.19 bits per heavy atom. The smallest absolute Gasteiger partial charge is 0.305 e. The molecule has 1 heterocycles. The number of hydrogen-bond donors (Lipinski definition) is 0. The summed E-state index contributed by atoms with van der Waals surface area (Å²) in [5.41, 5.74) is 0. The van der Waals surface area contributed by atoms with Gasteiger partial charge in [-0.05, 0) is 58.2 Å². The summed E-state index contributed by atoms with van der Waals surface area (Å²) in [5.74, 6) is 0.167. The lowest BCUT2D eigenvalue weighted by Crippen LogP contribution is -2.30. The first-order valence-corrected chi connectivity index (χ1v) is 10.7. The van der Waals surface area contributed by atoms with E-state index in [1.807, 2.05) is 11.9 Å². The highest BCUT2D eigenvalue weighted by Gasteiger charge is 2.10. The van der Waals surface area contributed by atoms with Gasteiger partial charge in [0.2, 0.25) is 5.91 Å². The zero-order valence-electron chi connectivity index (χ0n) is 17.1. The molecule has 0 unspecified atom stereocenters. The Bertz CT molecular complexity index is 381. The standard InChI is InChI=1S/C21H40N2O3/c1-22(16-10-5-3-4-9-15-21(25)26-2)20(24)14-8-6-11-17-23-18-12-7-13-19-23/h3-19H2,1-2H3. The van der Waals surface area contributed by atoms with Crippen LogP contribution in [0.15, 0.2) is 0 Å². The molecule has 1 saturated heterocycles. The lowest BCUT2D eigenvalue weighted by Gasteiger charge is -2.26. The summed E-state index contributed by atoms with van der Waals surface area (Å²) >= 11 is 0. The normalized spacial score (nSPS) is 15.0. The molecule has 0 aromatic carbocycles. The molecule has 0 N–H and O–H groups in total. The summed E-state index contributed by atoms with van der Waals surface area (Å²) in [7, 11) is 3.36. The zero-order chi connectivity index (χ0) is 19.0. The fourth-order valence-electron chi connectivity index (χ4n) is 3.54. The summed E-state index contributed by atoms with van der Waals surface area (Å²) in [6.45, 7) is 4.60. The maximum Gasteiger partial charge on any atom is 0.305 e. The average molecular weight is 369 g/mol. The van der Waals surface area contributed by atoms with Crippen molar-refractivity contribution >= 4 is 11.9 Å². The second kappa shape index (κ2) is 15.0. The lowest BCUT2D eigenvalue weighted by atomic mass is 10.1. The highest BCUT2D eigenvalue weighted by Crippen LogP contribution is 2.11. The van der Waals surface area contributed by atoms with Crippen molar-refractivity contribution in [3.05, 3.63) is 0 Å². The molecular formula is C21H40N2O3. The van der Waals surface area contributed by atoms with Crippen LogP contribution < -0.4 is 0 Å². The minimum Gasteiger partial charge on any atom is -0.469 e. The van der Waals surface area contributed by atoms with E-state index in [9.17, 15) is 9.59 Å². The molecular weight excluding hydrogens is 328 g/mol. The molecule has 152 valence electrons. The number of methoxy groups -OCH3 is 1. The number of piperidine rings is 1. The van der Waals surface area contributed by atoms with Crippen molar-refractivity contribution in [1.82, 2.24) is 9.80 Å². The van der Waals surface area contributed by atoms with Crippen LogP contribution in [0.1, 0.15) is 83.5 Å². The molecule has 0 saturated carbocycles. The first-order chi connectivity index (χ1) is 12.6. The van der Waals surface area contributed by atoms with Gasteiger partial charge in [-0.2, -0.15) is 0 Å². The van der Waals surface area contributed by atoms with E-state index in [-0.39, 0.29) is 11.9 Å². The molecule has 0 spiro atoms. The molecule has 1 fully saturated rings. The number of carbonyl (C=O) groups excluding carboxylic acids is 2. The lowest BCUT2D eigenvalue weighted by molar-refractivity contribution is -0.140. The number of amides is 1. The SMILES string of the molecule is COC(=O)CCCCCCCN(C)C(=O)CCCCCN1CCCCC1. The van der Waals surface area contributed by atoms with Gasteiger partial charge < -0.3 is 14.5 Å². The fraction of sp³-hybridized carbons (Fsp3) is 0.905. The van der Waals surface area contributed by atoms with Crippen LogP contribution in [0.25, 0.3) is 0 Å². The van der Waals surface area contributed by atoms with Gasteiger partial charge >= 0.3 is 5.97 Å². The highest BCUT2D eigenvalue weighted by molar-refractivity contribution is 5.75. The molecule has 0 aromatic heterocycles. The number of hydrogen-bond acceptors (Lipinski definition) is 4. The number of ether oxygens (including phenoxy) is 1. The van der Waals surface area contributed by atoms with Crippen LogP contribution in [-0.2, 0) is 14.3 Å². The number of carbonyl (C=O) groups is 2. The summed E-state index contributed by atoms with van der Waals surface area (Å²) in [4.78, 5) is 27.6. The van der Waals surface area contributed by atoms with Gasteiger partial charge in [-0.1, -0.05) is 32.1 Å². The third kappa shape index (κ3) is 11.5. The molecule has 0 atom stereocenters. The Kier molecular flexibility index (Phi) is 13.2. The van der Waals surface area contributed by atoms with Crippen molar-refractivity contribution < 1.29 is 14.3 Å². The molecule has 1 amide bonds. The van der Waals surface area contributed by atoms with Gasteiger partial charge in [-0.3, -0.25) is 9.59 Å². The molecule has 0 aromatic rings. The summed E-state index contributed by atoms with van der Waals surface area (Å²) in [6.07, 6.45) is 14.0. The van der Waals surface area contributed by atoms with Crippen LogP contribution in [0.3, 0.4) is 0 Å². The van der Waals surface area contributed by atoms with Crippen molar-refractivity contribution in [2.75, 3.05) is 40.3 Å². The van der Waals surface area contributed by atoms with Crippen LogP contribution in [0.5, 0.6) is 0 Å². The van der Waals surface area contributed by atoms with Crippen LogP contribution in [0.2, 0.25) is 0 Å². The molecule has 1 rings (SSSR count). The second-order valence-corrected chi connectivity index (χ2v) is 7.62. The Labute approximate surface area is 160 Å². The van der Waals surface area contributed by atoms with Gasteiger partial charge in [0.25, 0.3) is 0 Å². The minimum absolute atomic E-state index is 0.119. The van der Waals surface area contributed by atoms with E-state index in [0.29, 0.717) is 12.8 Å². The van der Waals surface area contributed by atoms with Crippen molar-refractivity contribution in [2.45, 2.75) is 83.5 Å². The minimum atomic E-state index is -0.119. The van der Waals surface area contributed by atoms with E-state index in [2.05, 4.69) is 9.64 Å². The van der Waals surface area contributed by atoms with E-state index in [0.717, 1.165) is 51.5 Å². The summed E-state index contributed by atoms with van der Waals surface area (Å²) in [5, 5.41) is 0. The predicted octanol–water partition coefficient (Wildman–Crippen LogP) is 4.00. The van der Waals surface area contributed by atoms with E-state index in [1.54, 1.807) is 0 Å². The zero-order valence-corrected chi connectivity index (χ0v) is 17.1. The summed E-state index contributed by atoms with van der Waals surface area (Å²) in [6, 6.07) is 0. The Morgan fingerprint density at radius 2 is 1.46 bits per heavy atom. The third-order valence-corrected chi connectivity index (χ3v) is 5.34. The number of esters is 1. The van der Waals surface area contributed by atoms with Gasteiger partial charge in [-0.15, -0.1) is 0 Å². The van der Waals surface area contributed by atoms with E-state index in [1.165, 1.54) is 52.4 Å². The number of nitrogens with zero attached hydrogens (tertiary/aromatic N) is 2. The van der Waals surface area contributed by atoms with Crippen molar-refractivity contribution in [3.63, 3.8) is 0 Å². The van der Waals surface area contributed by atoms with Gasteiger partial charge in [-0.25, -0.2) is 0 Å². The fourth-order valence-corrected chi connectivity index (χ4v) is 3.54. The second-order valence-electron chi connectivity index (χ2n) is 7.62. The predicted molar refractivity (Wildman–Crippen MR) is 106 cm³/mol.